The van der Waals surface area contributed by atoms with Gasteiger partial charge in [0.25, 0.3) is 23.6 Å². The van der Waals surface area contributed by atoms with E-state index in [9.17, 15) is 78.6 Å². The van der Waals surface area contributed by atoms with Crippen LogP contribution in [0.15, 0.2) is 240 Å². The minimum Gasteiger partial charge on any atom is -0.493 e. The van der Waals surface area contributed by atoms with Gasteiger partial charge in [-0.3, -0.25) is 37.3 Å². The fraction of sp³-hybridized carbons (Fsp3) is 0.330. The first kappa shape index (κ1) is 98.1. The molecule has 4 saturated heterocycles. The largest absolute Gasteiger partial charge is 0.493 e. The summed E-state index contributed by atoms with van der Waals surface area (Å²) in [6.45, 7) is 12.9. The Labute approximate surface area is 815 Å². The fourth-order valence-electron chi connectivity index (χ4n) is 19.6. The summed E-state index contributed by atoms with van der Waals surface area (Å²) in [6.07, 6.45) is -1.99. The van der Waals surface area contributed by atoms with Gasteiger partial charge in [-0.25, -0.2) is 8.42 Å². The molecule has 4 spiro atoms. The number of aliphatic hydroxyl groups is 1. The summed E-state index contributed by atoms with van der Waals surface area (Å²) >= 11 is 0. The van der Waals surface area contributed by atoms with E-state index in [1.165, 1.54) is 80.0 Å². The molecule has 27 nitrogen and oxygen atoms in total. The summed E-state index contributed by atoms with van der Waals surface area (Å²) in [5.41, 5.74) is 3.60. The number of methoxy groups -OCH3 is 2. The minimum atomic E-state index is -4.73. The number of Topliss-reactive ketones (excluding diaryl/α,β-unsaturated/α-hetero) is 1. The van der Waals surface area contributed by atoms with Gasteiger partial charge in [0.05, 0.1) is 97.3 Å². The fourth-order valence-corrected chi connectivity index (χ4v) is 21.6. The van der Waals surface area contributed by atoms with Gasteiger partial charge in [0.1, 0.15) is 64.4 Å². The van der Waals surface area contributed by atoms with E-state index in [1.54, 1.807) is 78.7 Å². The number of alkyl halides is 6. The molecule has 0 radical (unpaired) electrons. The van der Waals surface area contributed by atoms with Gasteiger partial charge >= 0.3 is 12.4 Å². The lowest BCUT2D eigenvalue weighted by molar-refractivity contribution is -0.143. The number of hydrogen-bond donors (Lipinski definition) is 1. The Bertz CT molecular complexity index is 7100. The predicted octanol–water partition coefficient (Wildman–Crippen LogP) is 18.7. The number of benzene rings is 8. The smallest absolute Gasteiger partial charge is 0.431 e. The van der Waals surface area contributed by atoms with Crippen LogP contribution in [0.1, 0.15) is 183 Å². The number of para-hydroxylation sites is 8. The van der Waals surface area contributed by atoms with Crippen LogP contribution in [0.2, 0.25) is 0 Å². The number of likely N-dealkylation sites (tertiary alicyclic amines) is 4. The third kappa shape index (κ3) is 18.7. The van der Waals surface area contributed by atoms with Gasteiger partial charge in [-0.2, -0.15) is 36.9 Å². The highest BCUT2D eigenvalue weighted by Crippen LogP contribution is 2.53. The summed E-state index contributed by atoms with van der Waals surface area (Å²) in [7, 11) is -2.56. The number of amides is 4. The maximum Gasteiger partial charge on any atom is 0.431 e. The summed E-state index contributed by atoms with van der Waals surface area (Å²) in [5, 5.41) is 28.7. The summed E-state index contributed by atoms with van der Waals surface area (Å²) < 4.78 is 173. The normalized spacial score (nSPS) is 16.6. The molecule has 4 fully saturated rings. The summed E-state index contributed by atoms with van der Waals surface area (Å²) in [4.78, 5) is 70.6. The number of carbonyl (C=O) groups excluding carboxylic acids is 5. The molecule has 35 heteroatoms. The molecule has 1 atom stereocenters. The number of ketones is 1. The molecule has 8 aliphatic heterocycles. The number of aromatic nitrogens is 4. The van der Waals surface area contributed by atoms with Crippen LogP contribution < -0.4 is 37.9 Å². The number of sulfone groups is 1. The zero-order chi connectivity index (χ0) is 100. The molecular formula is C106H106F6N10O17S2. The zero-order valence-corrected chi connectivity index (χ0v) is 80.3. The lowest BCUT2D eigenvalue weighted by Crippen LogP contribution is -2.50. The van der Waals surface area contributed by atoms with E-state index in [0.717, 1.165) is 63.8 Å². The number of aliphatic hydroxyl groups excluding tert-OH is 1. The van der Waals surface area contributed by atoms with E-state index in [0.29, 0.717) is 139 Å². The first-order chi connectivity index (χ1) is 67.2. The van der Waals surface area contributed by atoms with Crippen LogP contribution in [0.4, 0.5) is 26.3 Å². The topological polar surface area (TPSA) is 311 Å². The van der Waals surface area contributed by atoms with E-state index in [2.05, 4.69) is 35.0 Å². The Morgan fingerprint density at radius 3 is 1.22 bits per heavy atom. The van der Waals surface area contributed by atoms with Crippen molar-refractivity contribution < 1.29 is 109 Å². The monoisotopic (exact) mass is 1970 g/mol. The van der Waals surface area contributed by atoms with Crippen LogP contribution in [-0.4, -0.2) is 181 Å². The molecular weight excluding hydrogens is 1860 g/mol. The molecule has 20 rings (SSSR count). The lowest BCUT2D eigenvalue weighted by atomic mass is 9.86. The predicted molar refractivity (Wildman–Crippen MR) is 513 cm³/mol. The second-order valence-electron chi connectivity index (χ2n) is 37.3. The molecule has 736 valence electrons. The quantitative estimate of drug-likeness (QED) is 0.0989. The number of halogens is 6. The molecule has 12 heterocycles. The van der Waals surface area contributed by atoms with Crippen molar-refractivity contribution in [2.45, 2.75) is 148 Å². The average molecular weight is 1970 g/mol. The van der Waals surface area contributed by atoms with Crippen LogP contribution in [0.3, 0.4) is 0 Å². The number of fused-ring (bicyclic) bond motifs is 16. The number of hydrogen-bond acceptors (Lipinski definition) is 19. The highest BCUT2D eigenvalue weighted by Gasteiger charge is 2.52. The van der Waals surface area contributed by atoms with E-state index in [1.807, 2.05) is 131 Å². The number of nitrogens with zero attached hydrogens (tertiary/aromatic N) is 10. The number of nitriles is 2. The number of rotatable bonds is 14. The van der Waals surface area contributed by atoms with Crippen molar-refractivity contribution in [3.63, 3.8) is 0 Å². The molecule has 8 aliphatic rings. The van der Waals surface area contributed by atoms with Crippen molar-refractivity contribution in [1.82, 2.24) is 37.9 Å². The van der Waals surface area contributed by atoms with Crippen LogP contribution in [0, 0.1) is 22.7 Å². The van der Waals surface area contributed by atoms with Crippen molar-refractivity contribution >= 4 is 50.0 Å². The second-order valence-corrected chi connectivity index (χ2v) is 41.2. The van der Waals surface area contributed by atoms with Gasteiger partial charge in [0, 0.05) is 141 Å². The lowest BCUT2D eigenvalue weighted by Gasteiger charge is -2.45. The SMILES string of the molecule is CC(C)(CO)S(=O)(=O)c1ccc(C(=O)N2CCC3(CC2)Oc2ccccc2-n2c(C(F)(F)F)ccc23)cc1.COc1cc(C(=O)N2CCC3(CC2)Oc2ccccc2-n2c(C#N)ccc23)ccc1OC(C)(C)C.COc1cc(C(=O)N2CCC3(CC2)Oc2ccccc2-n2cccc23)ccc1OCC(C)=O.CS(=O)c1ccc(C(=O)N2CCC3(CC2)Oc2ccccc2-n2c(C#N)ccc23)cc1C(F)(F)F.[HH].[HH]. The molecule has 0 bridgehead atoms. The Morgan fingerprint density at radius 1 is 0.447 bits per heavy atom. The molecule has 4 aromatic heterocycles. The molecule has 141 heavy (non-hydrogen) atoms. The molecule has 12 aromatic rings. The summed E-state index contributed by atoms with van der Waals surface area (Å²) in [6, 6.07) is 67.5. The highest BCUT2D eigenvalue weighted by molar-refractivity contribution is 7.92. The highest BCUT2D eigenvalue weighted by atomic mass is 32.2. The Morgan fingerprint density at radius 2 is 0.816 bits per heavy atom. The Hall–Kier alpha value is -14.6. The van der Waals surface area contributed by atoms with Gasteiger partial charge in [-0.05, 0) is 217 Å². The van der Waals surface area contributed by atoms with Crippen LogP contribution in [0.5, 0.6) is 46.0 Å². The van der Waals surface area contributed by atoms with Crippen LogP contribution in [-0.2, 0) is 60.2 Å². The van der Waals surface area contributed by atoms with Crippen molar-refractivity contribution in [1.29, 1.82) is 10.5 Å². The first-order valence-electron chi connectivity index (χ1n) is 45.9. The molecule has 0 aliphatic carbocycles. The van der Waals surface area contributed by atoms with E-state index in [4.69, 9.17) is 37.9 Å². The molecule has 4 amide bonds. The first-order valence-corrected chi connectivity index (χ1v) is 48.9. The third-order valence-electron chi connectivity index (χ3n) is 26.9. The van der Waals surface area contributed by atoms with Gasteiger partial charge in [0.2, 0.25) is 0 Å². The minimum absolute atomic E-state index is 0. The van der Waals surface area contributed by atoms with Gasteiger partial charge in [0.15, 0.2) is 61.0 Å². The van der Waals surface area contributed by atoms with Gasteiger partial charge in [-0.15, -0.1) is 0 Å². The van der Waals surface area contributed by atoms with Crippen molar-refractivity contribution in [2.75, 3.05) is 86.0 Å². The maximum absolute atomic E-state index is 13.8. The van der Waals surface area contributed by atoms with Crippen LogP contribution in [0.25, 0.3) is 22.7 Å². The molecule has 8 aromatic carbocycles. The van der Waals surface area contributed by atoms with Gasteiger partial charge < -0.3 is 71.7 Å². The molecule has 1 unspecified atom stereocenters. The summed E-state index contributed by atoms with van der Waals surface area (Å²) in [5.74, 6) is 3.59. The number of ether oxygens (including phenoxy) is 8. The van der Waals surface area contributed by atoms with Crippen molar-refractivity contribution in [3.8, 4) is 80.9 Å². The molecule has 0 saturated carbocycles. The average Bonchev–Trinajstić information content (AvgIpc) is 1.69. The number of piperidine rings is 4. The zero-order valence-electron chi connectivity index (χ0n) is 78.7. The third-order valence-corrected chi connectivity index (χ3v) is 30.4. The van der Waals surface area contributed by atoms with E-state index < -0.39 is 83.9 Å². The van der Waals surface area contributed by atoms with Crippen LogP contribution >= 0.6 is 0 Å². The maximum atomic E-state index is 13.8. The standard InChI is InChI=1S/C28H29N3O4.C27H27F3N2O5S.C26H26N2O5.C25H20F3N3O3S.2H2/c1-27(2,3)34-23-11-9-19(17-24(23)33-4)26(32)30-15-13-28(14-16-30)25-12-10-20(18-29)31(25)21-7-5-6-8-22(21)35-28;1-25(2,17-33)38(35,36)19-9-7-18(8-10-19)24(34)31-15-13-26(14-16-31)22-11-12-23(27(28,29)30)32(22)20-5-3-4-6-21(20)37-26;1-18(29)17-32-22-10-9-19(16-23(22)31-2)25(30)27-14-11-26(12-15-27)24-8-5-13-28(24)20-6-3-4-7-21(20)33-26;1-35(33)21-8-6-16(14-18(21)25(26,27)28)23(32)30-12-10-24(11-13-30)22-9-7-17(15-29)31(22)19-4-2-3-5-20(19)34-24;;/h5-12,17H,13-16H2,1-4H3;3-12,33H,13-17H2,1-2H3;3-10,13,16H,11-12,14-15,17H2,1-2H3;2-9,14H,10-13H2,1H3;2*1H. The Balaban J connectivity index is 0.000000143. The van der Waals surface area contributed by atoms with Crippen molar-refractivity contribution in [3.05, 3.63) is 298 Å². The molecule has 1 N–H and O–H groups in total. The number of carbonyl (C=O) groups is 5. The van der Waals surface area contributed by atoms with E-state index in [-0.39, 0.29) is 92.9 Å². The van der Waals surface area contributed by atoms with Crippen molar-refractivity contribution in [2.24, 2.45) is 0 Å². The second kappa shape index (κ2) is 38.2. The van der Waals surface area contributed by atoms with Gasteiger partial charge in [-0.1, -0.05) is 48.5 Å². The Kier molecular flexibility index (Phi) is 26.6. The van der Waals surface area contributed by atoms with E-state index >= 15 is 0 Å².